The van der Waals surface area contributed by atoms with Gasteiger partial charge in [-0.2, -0.15) is 15.8 Å². The van der Waals surface area contributed by atoms with Crippen LogP contribution in [0.5, 0.6) is 0 Å². The number of nitriles is 3. The molecule has 3 aromatic carbocycles. The number of hydrogen-bond acceptors (Lipinski definition) is 21. The van der Waals surface area contributed by atoms with Crippen LogP contribution in [-0.4, -0.2) is 85.5 Å². The van der Waals surface area contributed by atoms with Crippen molar-refractivity contribution in [3.8, 4) is 120 Å². The highest BCUT2D eigenvalue weighted by atomic mass is 16.5. The lowest BCUT2D eigenvalue weighted by Gasteiger charge is -2.30. The van der Waals surface area contributed by atoms with Crippen molar-refractivity contribution in [3.63, 3.8) is 0 Å². The Bertz CT molecular complexity index is 4750. The average Bonchev–Trinajstić information content (AvgIpc) is 1.69. The van der Waals surface area contributed by atoms with E-state index in [9.17, 15) is 15.8 Å². The van der Waals surface area contributed by atoms with Crippen LogP contribution in [0.15, 0.2) is 184 Å². The predicted molar refractivity (Wildman–Crippen MR) is 358 cm³/mol. The third-order valence-electron chi connectivity index (χ3n) is 15.9. The van der Waals surface area contributed by atoms with Gasteiger partial charge in [0.15, 0.2) is 11.5 Å². The fraction of sp³-hybridized carbons (Fsp3) is 0.222. The van der Waals surface area contributed by atoms with Gasteiger partial charge in [0.2, 0.25) is 5.89 Å². The summed E-state index contributed by atoms with van der Waals surface area (Å²) in [6.07, 6.45) is 11.7. The molecule has 21 nitrogen and oxygen atoms in total. The summed E-state index contributed by atoms with van der Waals surface area (Å²) < 4.78 is 17.1. The third-order valence-corrected chi connectivity index (χ3v) is 15.9. The van der Waals surface area contributed by atoms with Gasteiger partial charge in [0.05, 0.1) is 98.9 Å². The van der Waals surface area contributed by atoms with Crippen molar-refractivity contribution in [2.75, 3.05) is 20.1 Å². The lowest BCUT2D eigenvalue weighted by atomic mass is 9.77. The molecule has 0 bridgehead atoms. The summed E-state index contributed by atoms with van der Waals surface area (Å²) >= 11 is 0. The van der Waals surface area contributed by atoms with Gasteiger partial charge in [-0.15, -0.1) is 10.2 Å². The molecule has 0 atom stereocenters. The summed E-state index contributed by atoms with van der Waals surface area (Å²) in [6.45, 7) is 15.4. The van der Waals surface area contributed by atoms with E-state index in [1.807, 2.05) is 189 Å². The quantitative estimate of drug-likeness (QED) is 0.102. The molecule has 1 saturated heterocycles. The Morgan fingerprint density at radius 2 is 0.957 bits per heavy atom. The third kappa shape index (κ3) is 14.2. The van der Waals surface area contributed by atoms with Gasteiger partial charge < -0.3 is 24.1 Å². The van der Waals surface area contributed by atoms with E-state index in [2.05, 4.69) is 79.3 Å². The minimum Gasteiger partial charge on any atom is -0.415 e. The fourth-order valence-corrected chi connectivity index (χ4v) is 10.2. The first-order chi connectivity index (χ1) is 45.1. The van der Waals surface area contributed by atoms with E-state index < -0.39 is 16.2 Å². The highest BCUT2D eigenvalue weighted by molar-refractivity contribution is 5.71. The predicted octanol–water partition coefficient (Wildman–Crippen LogP) is 14.4. The van der Waals surface area contributed by atoms with Crippen molar-refractivity contribution >= 4 is 0 Å². The first kappa shape index (κ1) is 62.9. The number of aromatic nitrogens is 13. The molecule has 1 aliphatic heterocycles. The maximum absolute atomic E-state index is 9.92. The molecular weight excluding hydrogens is 1160 g/mol. The molecule has 10 heterocycles. The van der Waals surface area contributed by atoms with E-state index in [1.165, 1.54) is 5.56 Å². The van der Waals surface area contributed by atoms with E-state index >= 15 is 0 Å². The van der Waals surface area contributed by atoms with E-state index in [0.29, 0.717) is 74.5 Å². The molecule has 0 radical (unpaired) electrons. The Morgan fingerprint density at radius 1 is 0.505 bits per heavy atom. The number of hydrogen-bond donors (Lipinski definition) is 2. The molecule has 0 amide bonds. The second kappa shape index (κ2) is 27.6. The smallest absolute Gasteiger partial charge is 0.268 e. The van der Waals surface area contributed by atoms with E-state index in [0.717, 1.165) is 94.3 Å². The number of piperidine rings is 1. The number of benzene rings is 3. The van der Waals surface area contributed by atoms with Crippen molar-refractivity contribution < 1.29 is 19.2 Å². The lowest BCUT2D eigenvalue weighted by Crippen LogP contribution is -2.39. The maximum atomic E-state index is 9.92. The van der Waals surface area contributed by atoms with Crippen LogP contribution in [-0.2, 0) is 22.8 Å². The Labute approximate surface area is 543 Å². The zero-order valence-electron chi connectivity index (χ0n) is 52.6. The van der Waals surface area contributed by atoms with Crippen LogP contribution in [0.1, 0.15) is 86.0 Å². The van der Waals surface area contributed by atoms with Gasteiger partial charge in [-0.1, -0.05) is 83.1 Å². The van der Waals surface area contributed by atoms with Crippen molar-refractivity contribution in [3.05, 3.63) is 210 Å². The summed E-state index contributed by atoms with van der Waals surface area (Å²) in [5.74, 6) is 1.85. The molecule has 9 aromatic heterocycles. The first-order valence-corrected chi connectivity index (χ1v) is 30.1. The molecule has 468 valence electrons. The highest BCUT2D eigenvalue weighted by Gasteiger charge is 2.36. The van der Waals surface area contributed by atoms with Crippen LogP contribution in [0, 0.1) is 54.8 Å². The van der Waals surface area contributed by atoms with Gasteiger partial charge in [0.25, 0.3) is 5.89 Å². The summed E-state index contributed by atoms with van der Waals surface area (Å²) in [7, 11) is 1.91. The molecule has 93 heavy (non-hydrogen) atoms. The molecule has 0 spiro atoms. The SMILES string of the molecule is CNCc1ccc(-c2nnc(-c3nc(-c4ccnc(C(C)(C)C#N)c4)cnc3C)o2)cc1.Cc1ncc(-c2ccnc(C(C)(C)C#N)c2)nc1-c1cc(-c2ccccc2)no1.Cc1ncc(-c2ccnc(C3(C#N)CCNCC3)c2)nc1-c1cc(-c2ccccc2)no1.[HH].[HH].[HH].[HH]. The minimum atomic E-state index is -0.707. The van der Waals surface area contributed by atoms with Crippen molar-refractivity contribution in [1.82, 2.24) is 76.0 Å². The second-order valence-corrected chi connectivity index (χ2v) is 23.3. The van der Waals surface area contributed by atoms with Gasteiger partial charge in [0, 0.05) is 76.4 Å². The molecule has 12 aromatic rings. The molecule has 21 heteroatoms. The summed E-state index contributed by atoms with van der Waals surface area (Å²) in [5.41, 5.74) is 14.2. The molecule has 0 unspecified atom stereocenters. The minimum absolute atomic E-state index is 0. The highest BCUT2D eigenvalue weighted by Crippen LogP contribution is 2.36. The van der Waals surface area contributed by atoms with Crippen molar-refractivity contribution in [1.29, 1.82) is 15.8 Å². The molecule has 2 N–H and O–H groups in total. The molecule has 13 rings (SSSR count). The molecule has 1 aliphatic rings. The number of aryl methyl sites for hydroxylation is 3. The van der Waals surface area contributed by atoms with Crippen LogP contribution in [0.4, 0.5) is 0 Å². The van der Waals surface area contributed by atoms with Gasteiger partial charge in [0.1, 0.15) is 33.9 Å². The summed E-state index contributed by atoms with van der Waals surface area (Å²) in [4.78, 5) is 41.1. The Kier molecular flexibility index (Phi) is 18.7. The number of rotatable bonds is 14. The van der Waals surface area contributed by atoms with Gasteiger partial charge in [-0.25, -0.2) is 15.0 Å². The Hall–Kier alpha value is -11.7. The van der Waals surface area contributed by atoms with Gasteiger partial charge in [-0.3, -0.25) is 29.9 Å². The average molecular weight is 1240 g/mol. The van der Waals surface area contributed by atoms with Crippen LogP contribution in [0.25, 0.3) is 102 Å². The number of pyridine rings is 3. The molecule has 0 saturated carbocycles. The fourth-order valence-electron chi connectivity index (χ4n) is 10.2. The second-order valence-electron chi connectivity index (χ2n) is 23.3. The van der Waals surface area contributed by atoms with Crippen LogP contribution in [0.3, 0.4) is 0 Å². The standard InChI is InChI=1S/C25H22N6O.C24H23N7O.C23H19N5O.4H2/c1-17-24(22-14-20(31-32-22)18-5-3-2-4-6-18)30-21(15-29-17)19-7-10-28-23(13-19)25(16-26)8-11-27-12-9-25;1-15-21(23-31-30-22(32-23)17-7-5-16(6-8-17)12-26-4)29-19(13-28-15)18-9-10-27-20(11-18)24(2,3)14-25;1-15-22(20-12-18(28-29-20)16-7-5-4-6-8-16)27-19(13-26-15)17-9-10-25-21(11-17)23(2,3)14-24;;;;/h2-7,10,13-15,27H,8-9,11-12H2,1H3;5-11,13,26H,12H2,1-4H3;4-13H,1-3H3;4*1H. The van der Waals surface area contributed by atoms with E-state index in [-0.39, 0.29) is 5.71 Å². The van der Waals surface area contributed by atoms with Gasteiger partial charge in [-0.05, 0) is 136 Å². The normalized spacial score (nSPS) is 12.7. The zero-order chi connectivity index (χ0) is 65.1. The maximum Gasteiger partial charge on any atom is 0.268 e. The Balaban J connectivity index is 0.000000201. The zero-order valence-corrected chi connectivity index (χ0v) is 52.6. The lowest BCUT2D eigenvalue weighted by molar-refractivity contribution is 0.375. The van der Waals surface area contributed by atoms with Crippen LogP contribution >= 0.6 is 0 Å². The van der Waals surface area contributed by atoms with E-state index in [1.54, 1.807) is 37.2 Å². The van der Waals surface area contributed by atoms with E-state index in [4.69, 9.17) is 28.4 Å². The molecular formula is C72H72N18O3. The largest absolute Gasteiger partial charge is 0.415 e. The van der Waals surface area contributed by atoms with Crippen LogP contribution in [0.2, 0.25) is 0 Å². The number of nitrogens with zero attached hydrogens (tertiary/aromatic N) is 16. The van der Waals surface area contributed by atoms with Crippen molar-refractivity contribution in [2.24, 2.45) is 0 Å². The van der Waals surface area contributed by atoms with Gasteiger partial charge >= 0.3 is 0 Å². The molecule has 1 fully saturated rings. The first-order valence-electron chi connectivity index (χ1n) is 30.1. The number of nitrogens with one attached hydrogen (secondary N) is 2. The van der Waals surface area contributed by atoms with Crippen LogP contribution < -0.4 is 10.6 Å². The summed E-state index contributed by atoms with van der Waals surface area (Å²) in [5, 5.41) is 52.0. The summed E-state index contributed by atoms with van der Waals surface area (Å²) in [6, 6.07) is 49.8. The Morgan fingerprint density at radius 3 is 1.43 bits per heavy atom. The van der Waals surface area contributed by atoms with Crippen molar-refractivity contribution in [2.45, 2.75) is 84.1 Å². The topological polar surface area (TPSA) is 302 Å². The monoisotopic (exact) mass is 1240 g/mol. The molecule has 0 aliphatic carbocycles.